The maximum atomic E-state index is 11.8. The average molecular weight is 488 g/mol. The van der Waals surface area contributed by atoms with Crippen molar-refractivity contribution in [3.63, 3.8) is 0 Å². The molecule has 26 heavy (non-hydrogen) atoms. The quantitative estimate of drug-likeness (QED) is 0.331. The molecule has 4 N–H and O–H groups in total. The summed E-state index contributed by atoms with van der Waals surface area (Å²) in [5, 5.41) is 3.06. The molecule has 0 saturated carbocycles. The molecule has 0 heterocycles. The number of rotatable bonds is 6. The number of aliphatic imine (C=N–C) groups is 1. The van der Waals surface area contributed by atoms with Crippen LogP contribution in [0.25, 0.3) is 0 Å². The number of hydrogen-bond donors (Lipinski definition) is 3. The predicted octanol–water partition coefficient (Wildman–Crippen LogP) is 3.26. The highest BCUT2D eigenvalue weighted by Crippen LogP contribution is 2.18. The number of sulfonamides is 1. The number of benzene rings is 2. The van der Waals surface area contributed by atoms with Crippen LogP contribution in [-0.4, -0.2) is 21.4 Å². The van der Waals surface area contributed by atoms with Crippen molar-refractivity contribution in [2.24, 2.45) is 10.7 Å². The average Bonchev–Trinajstić information content (AvgIpc) is 2.60. The standard InChI is InChI=1S/C18H24N4O2S.HI/c1-13(2)15-7-5-8-16(11-15)22-18(19)21-12-14-6-4-9-17(10-14)25(23,24)20-3;/h4-11,13,20H,12H2,1-3H3,(H3,19,21,22);1H. The van der Waals surface area contributed by atoms with Crippen LogP contribution < -0.4 is 15.8 Å². The van der Waals surface area contributed by atoms with Gasteiger partial charge in [-0.15, -0.1) is 24.0 Å². The van der Waals surface area contributed by atoms with Crippen molar-refractivity contribution in [3.8, 4) is 0 Å². The van der Waals surface area contributed by atoms with E-state index in [0.717, 1.165) is 11.3 Å². The van der Waals surface area contributed by atoms with E-state index in [1.165, 1.54) is 18.7 Å². The lowest BCUT2D eigenvalue weighted by Crippen LogP contribution is -2.22. The Morgan fingerprint density at radius 2 is 1.85 bits per heavy atom. The largest absolute Gasteiger partial charge is 0.370 e. The number of guanidine groups is 1. The summed E-state index contributed by atoms with van der Waals surface area (Å²) in [6.45, 7) is 4.54. The molecule has 0 spiro atoms. The molecule has 2 aromatic carbocycles. The van der Waals surface area contributed by atoms with Crippen molar-refractivity contribution in [1.82, 2.24) is 4.72 Å². The van der Waals surface area contributed by atoms with Gasteiger partial charge in [-0.3, -0.25) is 0 Å². The molecule has 2 rings (SSSR count). The third-order valence-electron chi connectivity index (χ3n) is 3.74. The minimum absolute atomic E-state index is 0. The first kappa shape index (κ1) is 22.4. The molecular formula is C18H25IN4O2S. The topological polar surface area (TPSA) is 96.6 Å². The molecule has 142 valence electrons. The van der Waals surface area contributed by atoms with Crippen molar-refractivity contribution in [3.05, 3.63) is 59.7 Å². The number of halogens is 1. The molecule has 0 aromatic heterocycles. The summed E-state index contributed by atoms with van der Waals surface area (Å²) < 4.78 is 26.0. The van der Waals surface area contributed by atoms with Gasteiger partial charge in [0.05, 0.1) is 11.4 Å². The van der Waals surface area contributed by atoms with Gasteiger partial charge < -0.3 is 11.1 Å². The fourth-order valence-electron chi connectivity index (χ4n) is 2.27. The van der Waals surface area contributed by atoms with E-state index in [-0.39, 0.29) is 41.4 Å². The van der Waals surface area contributed by atoms with Crippen LogP contribution in [0, 0.1) is 0 Å². The number of nitrogens with zero attached hydrogens (tertiary/aromatic N) is 1. The van der Waals surface area contributed by atoms with Crippen LogP contribution in [0.1, 0.15) is 30.9 Å². The van der Waals surface area contributed by atoms with Gasteiger partial charge in [-0.1, -0.05) is 38.1 Å². The second kappa shape index (κ2) is 9.89. The molecule has 0 unspecified atom stereocenters. The second-order valence-corrected chi connectivity index (χ2v) is 7.85. The van der Waals surface area contributed by atoms with Gasteiger partial charge in [0.1, 0.15) is 0 Å². The molecular weight excluding hydrogens is 463 g/mol. The van der Waals surface area contributed by atoms with E-state index in [9.17, 15) is 8.42 Å². The Kier molecular flexibility index (Phi) is 8.51. The maximum absolute atomic E-state index is 11.8. The smallest absolute Gasteiger partial charge is 0.240 e. The molecule has 0 aliphatic rings. The molecule has 8 heteroatoms. The van der Waals surface area contributed by atoms with Gasteiger partial charge in [-0.05, 0) is 48.4 Å². The van der Waals surface area contributed by atoms with E-state index in [2.05, 4.69) is 34.9 Å². The van der Waals surface area contributed by atoms with Crippen LogP contribution in [0.4, 0.5) is 5.69 Å². The summed E-state index contributed by atoms with van der Waals surface area (Å²) in [6.07, 6.45) is 0. The second-order valence-electron chi connectivity index (χ2n) is 5.96. The van der Waals surface area contributed by atoms with E-state index in [1.54, 1.807) is 12.1 Å². The Morgan fingerprint density at radius 3 is 2.50 bits per heavy atom. The first-order valence-corrected chi connectivity index (χ1v) is 9.49. The molecule has 0 amide bonds. The molecule has 0 bridgehead atoms. The van der Waals surface area contributed by atoms with Crippen molar-refractivity contribution in [2.75, 3.05) is 12.4 Å². The van der Waals surface area contributed by atoms with Crippen molar-refractivity contribution >= 4 is 45.6 Å². The highest BCUT2D eigenvalue weighted by atomic mass is 127. The number of nitrogens with two attached hydrogens (primary N) is 1. The van der Waals surface area contributed by atoms with Gasteiger partial charge in [0.15, 0.2) is 5.96 Å². The first-order valence-electron chi connectivity index (χ1n) is 8.01. The Bertz CT molecular complexity index is 867. The molecule has 0 saturated heterocycles. The summed E-state index contributed by atoms with van der Waals surface area (Å²) in [6, 6.07) is 14.6. The van der Waals surface area contributed by atoms with Crippen LogP contribution in [-0.2, 0) is 16.6 Å². The van der Waals surface area contributed by atoms with Crippen LogP contribution in [0.15, 0.2) is 58.4 Å². The first-order chi connectivity index (χ1) is 11.8. The zero-order valence-corrected chi connectivity index (χ0v) is 18.2. The fourth-order valence-corrected chi connectivity index (χ4v) is 3.07. The molecule has 0 aliphatic carbocycles. The highest BCUT2D eigenvalue weighted by Gasteiger charge is 2.11. The Labute approximate surface area is 172 Å². The lowest BCUT2D eigenvalue weighted by Gasteiger charge is -2.10. The minimum atomic E-state index is -3.47. The minimum Gasteiger partial charge on any atom is -0.370 e. The third-order valence-corrected chi connectivity index (χ3v) is 5.15. The lowest BCUT2D eigenvalue weighted by molar-refractivity contribution is 0.588. The van der Waals surface area contributed by atoms with E-state index >= 15 is 0 Å². The van der Waals surface area contributed by atoms with Gasteiger partial charge in [0.25, 0.3) is 0 Å². The van der Waals surface area contributed by atoms with Crippen molar-refractivity contribution in [2.45, 2.75) is 31.2 Å². The third kappa shape index (κ3) is 6.26. The molecule has 0 atom stereocenters. The zero-order valence-electron chi connectivity index (χ0n) is 15.1. The normalized spacial score (nSPS) is 11.9. The summed E-state index contributed by atoms with van der Waals surface area (Å²) in [4.78, 5) is 4.49. The SMILES string of the molecule is CNS(=O)(=O)c1cccc(CN=C(N)Nc2cccc(C(C)C)c2)c1.I. The molecule has 0 fully saturated rings. The number of nitrogens with one attached hydrogen (secondary N) is 2. The Hall–Kier alpha value is -1.65. The van der Waals surface area contributed by atoms with Crippen molar-refractivity contribution in [1.29, 1.82) is 0 Å². The fraction of sp³-hybridized carbons (Fsp3) is 0.278. The molecule has 0 radical (unpaired) electrons. The lowest BCUT2D eigenvalue weighted by atomic mass is 10.0. The zero-order chi connectivity index (χ0) is 18.4. The van der Waals surface area contributed by atoms with Crippen molar-refractivity contribution < 1.29 is 8.42 Å². The van der Waals surface area contributed by atoms with Gasteiger partial charge in [0, 0.05) is 5.69 Å². The maximum Gasteiger partial charge on any atom is 0.240 e. The van der Waals surface area contributed by atoms with Gasteiger partial charge in [-0.25, -0.2) is 18.1 Å². The van der Waals surface area contributed by atoms with Crippen LogP contribution in [0.5, 0.6) is 0 Å². The summed E-state index contributed by atoms with van der Waals surface area (Å²) in [5.74, 6) is 0.708. The van der Waals surface area contributed by atoms with Crippen LogP contribution in [0.2, 0.25) is 0 Å². The van der Waals surface area contributed by atoms with E-state index in [4.69, 9.17) is 5.73 Å². The Morgan fingerprint density at radius 1 is 1.15 bits per heavy atom. The number of anilines is 1. The molecule has 2 aromatic rings. The van der Waals surface area contributed by atoms with Gasteiger partial charge in [-0.2, -0.15) is 0 Å². The van der Waals surface area contributed by atoms with Crippen LogP contribution >= 0.6 is 24.0 Å². The summed E-state index contributed by atoms with van der Waals surface area (Å²) >= 11 is 0. The van der Waals surface area contributed by atoms with E-state index in [1.807, 2.05) is 24.3 Å². The summed E-state index contributed by atoms with van der Waals surface area (Å²) in [7, 11) is -2.08. The van der Waals surface area contributed by atoms with E-state index in [0.29, 0.717) is 5.92 Å². The Balaban J connectivity index is 0.00000338. The van der Waals surface area contributed by atoms with E-state index < -0.39 is 10.0 Å². The van der Waals surface area contributed by atoms with Crippen LogP contribution in [0.3, 0.4) is 0 Å². The highest BCUT2D eigenvalue weighted by molar-refractivity contribution is 14.0. The van der Waals surface area contributed by atoms with Gasteiger partial charge in [0.2, 0.25) is 10.0 Å². The monoisotopic (exact) mass is 488 g/mol. The molecule has 6 nitrogen and oxygen atoms in total. The molecule has 0 aliphatic heterocycles. The summed E-state index contributed by atoms with van der Waals surface area (Å²) in [5.41, 5.74) is 8.78. The predicted molar refractivity (Wildman–Crippen MR) is 118 cm³/mol. The number of hydrogen-bond acceptors (Lipinski definition) is 3. The van der Waals surface area contributed by atoms with Gasteiger partial charge >= 0.3 is 0 Å².